The number of hydrogen-bond acceptors (Lipinski definition) is 1. The summed E-state index contributed by atoms with van der Waals surface area (Å²) in [5, 5.41) is 3.60. The Kier molecular flexibility index (Phi) is 4.17. The lowest BCUT2D eigenvalue weighted by atomic mass is 9.86. The molecule has 106 valence electrons. The molecule has 0 heterocycles. The number of rotatable bonds is 3. The van der Waals surface area contributed by atoms with Gasteiger partial charge in [-0.25, -0.2) is 0 Å². The van der Waals surface area contributed by atoms with Gasteiger partial charge in [0, 0.05) is 12.2 Å². The monoisotopic (exact) mass is 267 g/mol. The molecule has 0 amide bonds. The molecule has 0 aliphatic rings. The zero-order valence-electron chi connectivity index (χ0n) is 13.2. The van der Waals surface area contributed by atoms with E-state index in [1.54, 1.807) is 0 Å². The van der Waals surface area contributed by atoms with Crippen molar-refractivity contribution in [1.29, 1.82) is 0 Å². The van der Waals surface area contributed by atoms with E-state index in [2.05, 4.69) is 82.4 Å². The predicted octanol–water partition coefficient (Wildman–Crippen LogP) is 5.21. The van der Waals surface area contributed by atoms with Crippen molar-refractivity contribution in [1.82, 2.24) is 0 Å². The minimum absolute atomic E-state index is 0.158. The summed E-state index contributed by atoms with van der Waals surface area (Å²) in [4.78, 5) is 0. The van der Waals surface area contributed by atoms with Crippen molar-refractivity contribution < 1.29 is 0 Å². The van der Waals surface area contributed by atoms with Crippen molar-refractivity contribution in [3.8, 4) is 0 Å². The first-order valence-electron chi connectivity index (χ1n) is 7.27. The maximum absolute atomic E-state index is 3.60. The van der Waals surface area contributed by atoms with Gasteiger partial charge in [0.15, 0.2) is 0 Å². The molecule has 0 aromatic heterocycles. The van der Waals surface area contributed by atoms with E-state index in [4.69, 9.17) is 0 Å². The SMILES string of the molecule is Cc1ccc(C)c(CNc2ccccc2C(C)(C)C)c1. The van der Waals surface area contributed by atoms with Gasteiger partial charge in [-0.1, -0.05) is 62.7 Å². The first-order valence-corrected chi connectivity index (χ1v) is 7.27. The standard InChI is InChI=1S/C19H25N/c1-14-10-11-15(2)16(12-14)13-20-18-9-7-6-8-17(18)19(3,4)5/h6-12,20H,13H2,1-5H3. The number of para-hydroxylation sites is 1. The van der Waals surface area contributed by atoms with E-state index >= 15 is 0 Å². The smallest absolute Gasteiger partial charge is 0.0403 e. The molecule has 20 heavy (non-hydrogen) atoms. The molecule has 0 radical (unpaired) electrons. The molecule has 1 heteroatoms. The van der Waals surface area contributed by atoms with Crippen molar-refractivity contribution in [3.05, 3.63) is 64.7 Å². The maximum Gasteiger partial charge on any atom is 0.0403 e. The molecule has 0 aliphatic carbocycles. The average Bonchev–Trinajstić information content (AvgIpc) is 2.39. The Morgan fingerprint density at radius 3 is 2.35 bits per heavy atom. The van der Waals surface area contributed by atoms with Gasteiger partial charge in [-0.3, -0.25) is 0 Å². The van der Waals surface area contributed by atoms with Crippen molar-refractivity contribution in [2.75, 3.05) is 5.32 Å². The van der Waals surface area contributed by atoms with Gasteiger partial charge in [0.1, 0.15) is 0 Å². The second-order valence-electron chi connectivity index (χ2n) is 6.58. The van der Waals surface area contributed by atoms with E-state index in [1.165, 1.54) is 27.9 Å². The molecule has 0 fully saturated rings. The zero-order chi connectivity index (χ0) is 14.8. The maximum atomic E-state index is 3.60. The molecule has 1 N–H and O–H groups in total. The lowest BCUT2D eigenvalue weighted by Crippen LogP contribution is -2.15. The third kappa shape index (κ3) is 3.41. The highest BCUT2D eigenvalue weighted by Gasteiger charge is 2.17. The fourth-order valence-corrected chi connectivity index (χ4v) is 2.47. The zero-order valence-corrected chi connectivity index (χ0v) is 13.2. The van der Waals surface area contributed by atoms with Crippen LogP contribution in [0.5, 0.6) is 0 Å². The summed E-state index contributed by atoms with van der Waals surface area (Å²) in [7, 11) is 0. The largest absolute Gasteiger partial charge is 0.381 e. The quantitative estimate of drug-likeness (QED) is 0.804. The second kappa shape index (κ2) is 5.70. The Labute approximate surface area is 123 Å². The molecule has 2 aromatic rings. The Morgan fingerprint density at radius 1 is 0.950 bits per heavy atom. The summed E-state index contributed by atoms with van der Waals surface area (Å²) in [6.07, 6.45) is 0. The fraction of sp³-hybridized carbons (Fsp3) is 0.368. The van der Waals surface area contributed by atoms with E-state index in [9.17, 15) is 0 Å². The predicted molar refractivity (Wildman–Crippen MR) is 88.4 cm³/mol. The number of nitrogens with one attached hydrogen (secondary N) is 1. The van der Waals surface area contributed by atoms with Crippen LogP contribution in [0.25, 0.3) is 0 Å². The third-order valence-electron chi connectivity index (χ3n) is 3.71. The Hall–Kier alpha value is -1.76. The molecule has 0 unspecified atom stereocenters. The molecular weight excluding hydrogens is 242 g/mol. The molecule has 0 saturated heterocycles. The van der Waals surface area contributed by atoms with Crippen molar-refractivity contribution >= 4 is 5.69 Å². The molecule has 1 nitrogen and oxygen atoms in total. The van der Waals surface area contributed by atoms with Crippen LogP contribution in [0, 0.1) is 13.8 Å². The molecule has 2 rings (SSSR count). The van der Waals surface area contributed by atoms with Gasteiger partial charge in [-0.15, -0.1) is 0 Å². The van der Waals surface area contributed by atoms with Crippen LogP contribution >= 0.6 is 0 Å². The first-order chi connectivity index (χ1) is 9.38. The number of benzene rings is 2. The Morgan fingerprint density at radius 2 is 1.65 bits per heavy atom. The van der Waals surface area contributed by atoms with Gasteiger partial charge < -0.3 is 5.32 Å². The van der Waals surface area contributed by atoms with Gasteiger partial charge >= 0.3 is 0 Å². The van der Waals surface area contributed by atoms with Crippen LogP contribution in [0.2, 0.25) is 0 Å². The van der Waals surface area contributed by atoms with Gasteiger partial charge in [0.2, 0.25) is 0 Å². The summed E-state index contributed by atoms with van der Waals surface area (Å²) in [6, 6.07) is 15.2. The normalized spacial score (nSPS) is 11.4. The van der Waals surface area contributed by atoms with Crippen molar-refractivity contribution in [3.63, 3.8) is 0 Å². The minimum atomic E-state index is 0.158. The molecule has 0 spiro atoms. The highest BCUT2D eigenvalue weighted by molar-refractivity contribution is 5.54. The first kappa shape index (κ1) is 14.6. The summed E-state index contributed by atoms with van der Waals surface area (Å²) >= 11 is 0. The van der Waals surface area contributed by atoms with Gasteiger partial charge in [-0.2, -0.15) is 0 Å². The molecule has 0 saturated carbocycles. The molecule has 0 aliphatic heterocycles. The van der Waals surface area contributed by atoms with E-state index in [0.29, 0.717) is 0 Å². The van der Waals surface area contributed by atoms with E-state index < -0.39 is 0 Å². The van der Waals surface area contributed by atoms with Crippen molar-refractivity contribution in [2.45, 2.75) is 46.6 Å². The Balaban J connectivity index is 2.21. The summed E-state index contributed by atoms with van der Waals surface area (Å²) in [5.74, 6) is 0. The number of hydrogen-bond donors (Lipinski definition) is 1. The van der Waals surface area contributed by atoms with E-state index in [-0.39, 0.29) is 5.41 Å². The second-order valence-corrected chi connectivity index (χ2v) is 6.58. The van der Waals surface area contributed by atoms with Crippen LogP contribution in [-0.2, 0) is 12.0 Å². The van der Waals surface area contributed by atoms with Crippen LogP contribution in [0.15, 0.2) is 42.5 Å². The van der Waals surface area contributed by atoms with Gasteiger partial charge in [0.05, 0.1) is 0 Å². The van der Waals surface area contributed by atoms with Crippen LogP contribution in [0.1, 0.15) is 43.0 Å². The van der Waals surface area contributed by atoms with Crippen LogP contribution in [-0.4, -0.2) is 0 Å². The van der Waals surface area contributed by atoms with Crippen LogP contribution in [0.4, 0.5) is 5.69 Å². The fourth-order valence-electron chi connectivity index (χ4n) is 2.47. The summed E-state index contributed by atoms with van der Waals surface area (Å²) < 4.78 is 0. The molecular formula is C19H25N. The Bertz CT molecular complexity index is 591. The van der Waals surface area contributed by atoms with Crippen LogP contribution < -0.4 is 5.32 Å². The number of anilines is 1. The van der Waals surface area contributed by atoms with Crippen LogP contribution in [0.3, 0.4) is 0 Å². The molecule has 0 atom stereocenters. The molecule has 0 bridgehead atoms. The lowest BCUT2D eigenvalue weighted by molar-refractivity contribution is 0.591. The lowest BCUT2D eigenvalue weighted by Gasteiger charge is -2.23. The minimum Gasteiger partial charge on any atom is -0.381 e. The van der Waals surface area contributed by atoms with Gasteiger partial charge in [0.25, 0.3) is 0 Å². The van der Waals surface area contributed by atoms with E-state index in [1.807, 2.05) is 0 Å². The highest BCUT2D eigenvalue weighted by Crippen LogP contribution is 2.29. The topological polar surface area (TPSA) is 12.0 Å². The molecule has 2 aromatic carbocycles. The average molecular weight is 267 g/mol. The summed E-state index contributed by atoms with van der Waals surface area (Å²) in [6.45, 7) is 12.0. The van der Waals surface area contributed by atoms with Crippen molar-refractivity contribution in [2.24, 2.45) is 0 Å². The van der Waals surface area contributed by atoms with Gasteiger partial charge in [-0.05, 0) is 42.0 Å². The van der Waals surface area contributed by atoms with E-state index in [0.717, 1.165) is 6.54 Å². The highest BCUT2D eigenvalue weighted by atomic mass is 14.9. The third-order valence-corrected chi connectivity index (χ3v) is 3.71. The number of aryl methyl sites for hydroxylation is 2. The summed E-state index contributed by atoms with van der Waals surface area (Å²) in [5.41, 5.74) is 6.79.